The van der Waals surface area contributed by atoms with E-state index < -0.39 is 11.7 Å². The van der Waals surface area contributed by atoms with Crippen LogP contribution in [0.3, 0.4) is 0 Å². The molecule has 2 aromatic carbocycles. The van der Waals surface area contributed by atoms with Gasteiger partial charge in [-0.05, 0) is 57.4 Å². The van der Waals surface area contributed by atoms with Crippen LogP contribution in [0.25, 0.3) is 0 Å². The van der Waals surface area contributed by atoms with Crippen LogP contribution in [0.15, 0.2) is 48.5 Å². The molecule has 24 heavy (non-hydrogen) atoms. The maximum absolute atomic E-state index is 12.6. The Labute approximate surface area is 144 Å². The van der Waals surface area contributed by atoms with Gasteiger partial charge in [0.05, 0.1) is 12.2 Å². The van der Waals surface area contributed by atoms with Crippen molar-refractivity contribution in [3.05, 3.63) is 65.2 Å². The minimum absolute atomic E-state index is 0.396. The summed E-state index contributed by atoms with van der Waals surface area (Å²) in [7, 11) is 0. The van der Waals surface area contributed by atoms with E-state index in [1.165, 1.54) is 10.6 Å². The lowest BCUT2D eigenvalue weighted by Gasteiger charge is -2.29. The quantitative estimate of drug-likeness (QED) is 0.798. The number of aryl methyl sites for hydroxylation is 1. The van der Waals surface area contributed by atoms with Crippen LogP contribution in [-0.2, 0) is 11.3 Å². The van der Waals surface area contributed by atoms with Gasteiger partial charge in [-0.15, -0.1) is 0 Å². The molecule has 2 rings (SSSR count). The third-order valence-electron chi connectivity index (χ3n) is 3.66. The summed E-state index contributed by atoms with van der Waals surface area (Å²) in [5, 5.41) is 1.52. The Morgan fingerprint density at radius 3 is 2.33 bits per heavy atom. The SMILES string of the molecule is Cc1cccc(NN(Cc2ccccc2)C(=O)OC(C)(C)C)c1C. The van der Waals surface area contributed by atoms with E-state index in [1.807, 2.05) is 70.2 Å². The van der Waals surface area contributed by atoms with E-state index in [-0.39, 0.29) is 0 Å². The van der Waals surface area contributed by atoms with Gasteiger partial charge in [-0.3, -0.25) is 5.43 Å². The molecule has 0 bridgehead atoms. The largest absolute Gasteiger partial charge is 0.442 e. The Balaban J connectivity index is 2.25. The van der Waals surface area contributed by atoms with Crippen molar-refractivity contribution in [2.45, 2.75) is 46.8 Å². The van der Waals surface area contributed by atoms with Crippen molar-refractivity contribution in [2.75, 3.05) is 5.43 Å². The number of rotatable bonds is 4. The van der Waals surface area contributed by atoms with Crippen LogP contribution < -0.4 is 5.43 Å². The molecule has 2 aromatic rings. The molecule has 0 aliphatic heterocycles. The van der Waals surface area contributed by atoms with E-state index in [0.29, 0.717) is 6.54 Å². The standard InChI is InChI=1S/C20H26N2O2/c1-15-10-9-13-18(16(15)2)21-22(19(23)24-20(3,4)5)14-17-11-7-6-8-12-17/h6-13,21H,14H2,1-5H3. The fraction of sp³-hybridized carbons (Fsp3) is 0.350. The summed E-state index contributed by atoms with van der Waals surface area (Å²) in [6.07, 6.45) is -0.396. The Bertz CT molecular complexity index is 691. The highest BCUT2D eigenvalue weighted by Gasteiger charge is 2.23. The summed E-state index contributed by atoms with van der Waals surface area (Å²) in [5.41, 5.74) is 6.88. The van der Waals surface area contributed by atoms with Gasteiger partial charge in [-0.1, -0.05) is 42.5 Å². The van der Waals surface area contributed by atoms with E-state index in [2.05, 4.69) is 18.4 Å². The molecule has 1 N–H and O–H groups in total. The van der Waals surface area contributed by atoms with E-state index >= 15 is 0 Å². The monoisotopic (exact) mass is 326 g/mol. The Morgan fingerprint density at radius 2 is 1.71 bits per heavy atom. The zero-order chi connectivity index (χ0) is 17.7. The highest BCUT2D eigenvalue weighted by molar-refractivity contribution is 5.71. The number of nitrogens with zero attached hydrogens (tertiary/aromatic N) is 1. The molecule has 0 fully saturated rings. The number of anilines is 1. The van der Waals surface area contributed by atoms with Crippen molar-refractivity contribution >= 4 is 11.8 Å². The van der Waals surface area contributed by atoms with E-state index in [1.54, 1.807) is 0 Å². The predicted molar refractivity (Wildman–Crippen MR) is 97.8 cm³/mol. The second kappa shape index (κ2) is 7.39. The van der Waals surface area contributed by atoms with Gasteiger partial charge in [0.15, 0.2) is 0 Å². The maximum Gasteiger partial charge on any atom is 0.429 e. The average Bonchev–Trinajstić information content (AvgIpc) is 2.50. The average molecular weight is 326 g/mol. The third-order valence-corrected chi connectivity index (χ3v) is 3.66. The molecule has 4 nitrogen and oxygen atoms in total. The van der Waals surface area contributed by atoms with Gasteiger partial charge in [0.2, 0.25) is 0 Å². The van der Waals surface area contributed by atoms with E-state index in [0.717, 1.165) is 16.8 Å². The molecule has 0 saturated carbocycles. The van der Waals surface area contributed by atoms with Gasteiger partial charge in [0, 0.05) is 0 Å². The zero-order valence-corrected chi connectivity index (χ0v) is 15.1. The summed E-state index contributed by atoms with van der Waals surface area (Å²) in [6, 6.07) is 15.8. The summed E-state index contributed by atoms with van der Waals surface area (Å²) >= 11 is 0. The number of hydrogen-bond donors (Lipinski definition) is 1. The van der Waals surface area contributed by atoms with Crippen molar-refractivity contribution in [1.82, 2.24) is 5.01 Å². The number of carbonyl (C=O) groups is 1. The van der Waals surface area contributed by atoms with Crippen LogP contribution >= 0.6 is 0 Å². The van der Waals surface area contributed by atoms with E-state index in [4.69, 9.17) is 4.74 Å². The molecule has 0 aliphatic carbocycles. The van der Waals surface area contributed by atoms with Crippen molar-refractivity contribution in [2.24, 2.45) is 0 Å². The van der Waals surface area contributed by atoms with Gasteiger partial charge >= 0.3 is 6.09 Å². The number of hydrogen-bond acceptors (Lipinski definition) is 3. The van der Waals surface area contributed by atoms with Crippen molar-refractivity contribution < 1.29 is 9.53 Å². The lowest BCUT2D eigenvalue weighted by molar-refractivity contribution is 0.0283. The molecular formula is C20H26N2O2. The van der Waals surface area contributed by atoms with Crippen LogP contribution in [0.4, 0.5) is 10.5 Å². The fourth-order valence-electron chi connectivity index (χ4n) is 2.25. The van der Waals surface area contributed by atoms with Crippen molar-refractivity contribution in [3.8, 4) is 0 Å². The lowest BCUT2D eigenvalue weighted by atomic mass is 10.1. The summed E-state index contributed by atoms with van der Waals surface area (Å²) in [4.78, 5) is 12.6. The Hall–Kier alpha value is -2.49. The highest BCUT2D eigenvalue weighted by Crippen LogP contribution is 2.21. The number of carbonyl (C=O) groups excluding carboxylic acids is 1. The minimum atomic E-state index is -0.546. The topological polar surface area (TPSA) is 41.6 Å². The second-order valence-electron chi connectivity index (χ2n) is 6.91. The van der Waals surface area contributed by atoms with Crippen LogP contribution in [0, 0.1) is 13.8 Å². The first-order chi connectivity index (χ1) is 11.3. The van der Waals surface area contributed by atoms with Gasteiger partial charge in [0.1, 0.15) is 5.60 Å². The number of ether oxygens (including phenoxy) is 1. The molecule has 0 spiro atoms. The molecule has 0 aliphatic rings. The first-order valence-electron chi connectivity index (χ1n) is 8.13. The maximum atomic E-state index is 12.6. The van der Waals surface area contributed by atoms with Gasteiger partial charge in [-0.2, -0.15) is 0 Å². The molecule has 0 atom stereocenters. The molecule has 1 amide bonds. The Morgan fingerprint density at radius 1 is 1.04 bits per heavy atom. The molecule has 0 saturated heterocycles. The molecule has 0 radical (unpaired) electrons. The van der Waals surface area contributed by atoms with Crippen molar-refractivity contribution in [3.63, 3.8) is 0 Å². The zero-order valence-electron chi connectivity index (χ0n) is 15.1. The van der Waals surface area contributed by atoms with E-state index in [9.17, 15) is 4.79 Å². The Kier molecular flexibility index (Phi) is 5.50. The fourth-order valence-corrected chi connectivity index (χ4v) is 2.25. The smallest absolute Gasteiger partial charge is 0.429 e. The molecule has 128 valence electrons. The van der Waals surface area contributed by atoms with Gasteiger partial charge < -0.3 is 4.74 Å². The lowest BCUT2D eigenvalue weighted by Crippen LogP contribution is -2.40. The normalized spacial score (nSPS) is 11.0. The summed E-state index contributed by atoms with van der Waals surface area (Å²) < 4.78 is 5.54. The first-order valence-corrected chi connectivity index (χ1v) is 8.13. The molecule has 0 aromatic heterocycles. The number of benzene rings is 2. The number of nitrogens with one attached hydrogen (secondary N) is 1. The van der Waals surface area contributed by atoms with Gasteiger partial charge in [-0.25, -0.2) is 9.80 Å². The molecule has 0 unspecified atom stereocenters. The van der Waals surface area contributed by atoms with Crippen molar-refractivity contribution in [1.29, 1.82) is 0 Å². The molecule has 0 heterocycles. The minimum Gasteiger partial charge on any atom is -0.442 e. The number of amides is 1. The van der Waals surface area contributed by atoms with Crippen LogP contribution in [-0.4, -0.2) is 16.7 Å². The third kappa shape index (κ3) is 5.01. The van der Waals surface area contributed by atoms with Gasteiger partial charge in [0.25, 0.3) is 0 Å². The predicted octanol–water partition coefficient (Wildman–Crippen LogP) is 5.07. The highest BCUT2D eigenvalue weighted by atomic mass is 16.6. The van der Waals surface area contributed by atoms with Crippen LogP contribution in [0.5, 0.6) is 0 Å². The molecular weight excluding hydrogens is 300 g/mol. The summed E-state index contributed by atoms with van der Waals surface area (Å²) in [5.74, 6) is 0. The number of hydrazine groups is 1. The van der Waals surface area contributed by atoms with Crippen LogP contribution in [0.2, 0.25) is 0 Å². The van der Waals surface area contributed by atoms with Crippen LogP contribution in [0.1, 0.15) is 37.5 Å². The summed E-state index contributed by atoms with van der Waals surface area (Å²) in [6.45, 7) is 10.1. The molecule has 4 heteroatoms. The first kappa shape index (κ1) is 17.9. The second-order valence-corrected chi connectivity index (χ2v) is 6.91.